The lowest BCUT2D eigenvalue weighted by Gasteiger charge is -2.10. The summed E-state index contributed by atoms with van der Waals surface area (Å²) in [4.78, 5) is 10.3. The summed E-state index contributed by atoms with van der Waals surface area (Å²) in [6, 6.07) is 29.9. The molecule has 5 rings (SSSR count). The highest BCUT2D eigenvalue weighted by Crippen LogP contribution is 2.36. The van der Waals surface area contributed by atoms with Gasteiger partial charge in [0.2, 0.25) is 0 Å². The predicted molar refractivity (Wildman–Crippen MR) is 164 cm³/mol. The molecule has 0 radical (unpaired) electrons. The van der Waals surface area contributed by atoms with E-state index in [0.29, 0.717) is 0 Å². The lowest BCUT2D eigenvalue weighted by Crippen LogP contribution is -2.06. The van der Waals surface area contributed by atoms with E-state index in [1.807, 2.05) is 0 Å². The summed E-state index contributed by atoms with van der Waals surface area (Å²) in [7, 11) is 0. The minimum Gasteiger partial charge on any atom is -0.248 e. The third kappa shape index (κ3) is 5.04. The Morgan fingerprint density at radius 2 is 0.789 bits per heavy atom. The van der Waals surface area contributed by atoms with E-state index in [0.717, 1.165) is 48.5 Å². The number of rotatable bonds is 8. The van der Waals surface area contributed by atoms with Crippen molar-refractivity contribution in [3.8, 4) is 0 Å². The minimum absolute atomic E-state index is 0.971. The molecule has 0 bridgehead atoms. The Kier molecular flexibility index (Phi) is 7.79. The molecule has 2 nitrogen and oxygen atoms in total. The quantitative estimate of drug-likeness (QED) is 0.296. The number of hydrogen-bond acceptors (Lipinski definition) is 2. The Labute approximate surface area is 227 Å². The largest absolute Gasteiger partial charge is 0.248 e. The molecule has 0 aromatic heterocycles. The van der Waals surface area contributed by atoms with Gasteiger partial charge in [-0.2, -0.15) is 0 Å². The van der Waals surface area contributed by atoms with Crippen LogP contribution in [0.5, 0.6) is 0 Å². The predicted octanol–water partition coefficient (Wildman–Crippen LogP) is 9.61. The van der Waals surface area contributed by atoms with E-state index in [1.165, 1.54) is 44.5 Å². The van der Waals surface area contributed by atoms with Crippen LogP contribution in [0.2, 0.25) is 0 Å². The highest BCUT2D eigenvalue weighted by atomic mass is 14.8. The standard InChI is InChI=1S/C36H36N2/c1-5-29-31(7-3)35(37-33(29)23-25-15-11-9-12-16-25)27-19-21-28(22-20-27)36-32(8-4)30(6-2)34(38-36)24-26-17-13-10-14-18-26/h9-24H,5-8H2,1-4H3/b33-23+,34-24+. The van der Waals surface area contributed by atoms with Crippen LogP contribution in [0.4, 0.5) is 0 Å². The van der Waals surface area contributed by atoms with Crippen molar-refractivity contribution in [1.29, 1.82) is 0 Å². The maximum atomic E-state index is 5.16. The number of benzene rings is 3. The van der Waals surface area contributed by atoms with Crippen LogP contribution >= 0.6 is 0 Å². The van der Waals surface area contributed by atoms with Gasteiger partial charge in [-0.15, -0.1) is 0 Å². The van der Waals surface area contributed by atoms with Gasteiger partial charge in [0, 0.05) is 11.1 Å². The summed E-state index contributed by atoms with van der Waals surface area (Å²) in [5.74, 6) is 0. The molecule has 3 aromatic rings. The van der Waals surface area contributed by atoms with Crippen molar-refractivity contribution < 1.29 is 0 Å². The van der Waals surface area contributed by atoms with E-state index in [-0.39, 0.29) is 0 Å². The molecule has 0 amide bonds. The second-order valence-corrected chi connectivity index (χ2v) is 9.71. The number of aliphatic imine (C=N–C) groups is 2. The SMILES string of the molecule is CCC1=C(CC)/C(=C\c2ccccc2)N=C1c1ccc(C2=N/C(=C/c3ccccc3)C(CC)=C2CC)cc1. The molecular formula is C36H36N2. The first-order valence-corrected chi connectivity index (χ1v) is 13.9. The lowest BCUT2D eigenvalue weighted by atomic mass is 9.92. The third-order valence-electron chi connectivity index (χ3n) is 7.44. The van der Waals surface area contributed by atoms with Crippen LogP contribution in [0.25, 0.3) is 12.2 Å². The van der Waals surface area contributed by atoms with E-state index >= 15 is 0 Å². The van der Waals surface area contributed by atoms with E-state index in [4.69, 9.17) is 9.98 Å². The number of nitrogens with zero attached hydrogens (tertiary/aromatic N) is 2. The first-order valence-electron chi connectivity index (χ1n) is 13.9. The molecular weight excluding hydrogens is 460 g/mol. The maximum absolute atomic E-state index is 5.16. The van der Waals surface area contributed by atoms with E-state index in [2.05, 4.69) is 125 Å². The van der Waals surface area contributed by atoms with Gasteiger partial charge < -0.3 is 0 Å². The van der Waals surface area contributed by atoms with Gasteiger partial charge in [-0.05, 0) is 71.3 Å². The molecule has 2 aliphatic heterocycles. The summed E-state index contributed by atoms with van der Waals surface area (Å²) < 4.78 is 0. The van der Waals surface area contributed by atoms with Gasteiger partial charge in [-0.25, -0.2) is 9.98 Å². The maximum Gasteiger partial charge on any atom is 0.0744 e. The highest BCUT2D eigenvalue weighted by Gasteiger charge is 2.25. The second kappa shape index (κ2) is 11.6. The van der Waals surface area contributed by atoms with Crippen molar-refractivity contribution >= 4 is 23.6 Å². The normalized spacial score (nSPS) is 17.6. The van der Waals surface area contributed by atoms with E-state index < -0.39 is 0 Å². The Morgan fingerprint density at radius 1 is 0.447 bits per heavy atom. The molecule has 0 fully saturated rings. The van der Waals surface area contributed by atoms with Gasteiger partial charge in [-0.1, -0.05) is 113 Å². The topological polar surface area (TPSA) is 24.7 Å². The molecule has 38 heavy (non-hydrogen) atoms. The number of allylic oxidation sites excluding steroid dienone is 4. The summed E-state index contributed by atoms with van der Waals surface area (Å²) in [6.07, 6.45) is 8.33. The molecule has 2 aliphatic rings. The van der Waals surface area contributed by atoms with Crippen molar-refractivity contribution in [3.63, 3.8) is 0 Å². The smallest absolute Gasteiger partial charge is 0.0744 e. The van der Waals surface area contributed by atoms with Crippen molar-refractivity contribution in [2.75, 3.05) is 0 Å². The van der Waals surface area contributed by atoms with Gasteiger partial charge in [0.15, 0.2) is 0 Å². The summed E-state index contributed by atoms with van der Waals surface area (Å²) in [5.41, 5.74) is 14.5. The molecule has 0 atom stereocenters. The van der Waals surface area contributed by atoms with Crippen LogP contribution in [-0.2, 0) is 0 Å². The summed E-state index contributed by atoms with van der Waals surface area (Å²) in [5, 5.41) is 0. The van der Waals surface area contributed by atoms with Crippen LogP contribution in [-0.4, -0.2) is 11.4 Å². The van der Waals surface area contributed by atoms with Crippen LogP contribution in [0.1, 0.15) is 75.6 Å². The molecule has 2 heterocycles. The zero-order valence-electron chi connectivity index (χ0n) is 23.0. The Morgan fingerprint density at radius 3 is 1.11 bits per heavy atom. The molecule has 0 spiro atoms. The fourth-order valence-electron chi connectivity index (χ4n) is 5.57. The van der Waals surface area contributed by atoms with Crippen molar-refractivity contribution in [2.45, 2.75) is 53.4 Å². The second-order valence-electron chi connectivity index (χ2n) is 9.71. The van der Waals surface area contributed by atoms with Gasteiger partial charge in [0.05, 0.1) is 22.8 Å². The average molecular weight is 497 g/mol. The summed E-state index contributed by atoms with van der Waals surface area (Å²) in [6.45, 7) is 8.93. The third-order valence-corrected chi connectivity index (χ3v) is 7.44. The van der Waals surface area contributed by atoms with Crippen molar-refractivity contribution in [3.05, 3.63) is 141 Å². The van der Waals surface area contributed by atoms with Crippen LogP contribution in [0.15, 0.2) is 129 Å². The first-order chi connectivity index (χ1) is 18.7. The molecule has 0 N–H and O–H groups in total. The fourth-order valence-corrected chi connectivity index (χ4v) is 5.57. The lowest BCUT2D eigenvalue weighted by molar-refractivity contribution is 1.06. The van der Waals surface area contributed by atoms with Gasteiger partial charge >= 0.3 is 0 Å². The van der Waals surface area contributed by atoms with Gasteiger partial charge in [-0.3, -0.25) is 0 Å². The average Bonchev–Trinajstić information content (AvgIpc) is 3.51. The van der Waals surface area contributed by atoms with E-state index in [9.17, 15) is 0 Å². The molecule has 0 unspecified atom stereocenters. The van der Waals surface area contributed by atoms with Crippen molar-refractivity contribution in [2.24, 2.45) is 9.98 Å². The van der Waals surface area contributed by atoms with Gasteiger partial charge in [0.25, 0.3) is 0 Å². The zero-order chi connectivity index (χ0) is 26.5. The van der Waals surface area contributed by atoms with Crippen LogP contribution in [0, 0.1) is 0 Å². The van der Waals surface area contributed by atoms with E-state index in [1.54, 1.807) is 0 Å². The Hall–Kier alpha value is -4.04. The monoisotopic (exact) mass is 496 g/mol. The Bertz CT molecular complexity index is 1380. The highest BCUT2D eigenvalue weighted by molar-refractivity contribution is 6.18. The van der Waals surface area contributed by atoms with Crippen LogP contribution < -0.4 is 0 Å². The fraction of sp³-hybridized carbons (Fsp3) is 0.222. The minimum atomic E-state index is 0.971. The molecule has 190 valence electrons. The Balaban J connectivity index is 1.51. The van der Waals surface area contributed by atoms with Gasteiger partial charge in [0.1, 0.15) is 0 Å². The summed E-state index contributed by atoms with van der Waals surface area (Å²) >= 11 is 0. The molecule has 0 aliphatic carbocycles. The molecule has 2 heteroatoms. The number of hydrogen-bond donors (Lipinski definition) is 0. The van der Waals surface area contributed by atoms with Crippen LogP contribution in [0.3, 0.4) is 0 Å². The molecule has 3 aromatic carbocycles. The first kappa shape index (κ1) is 25.6. The molecule has 0 saturated carbocycles. The van der Waals surface area contributed by atoms with Crippen molar-refractivity contribution in [1.82, 2.24) is 0 Å². The zero-order valence-corrected chi connectivity index (χ0v) is 23.0. The molecule has 0 saturated heterocycles.